The fourth-order valence-electron chi connectivity index (χ4n) is 3.51. The molecule has 2 fully saturated rings. The number of amides is 1. The zero-order valence-corrected chi connectivity index (χ0v) is 14.9. The van der Waals surface area contributed by atoms with Crippen LogP contribution in [0.15, 0.2) is 6.07 Å². The lowest BCUT2D eigenvalue weighted by Crippen LogP contribution is -2.32. The van der Waals surface area contributed by atoms with Crippen molar-refractivity contribution in [2.24, 2.45) is 5.92 Å². The second-order valence-corrected chi connectivity index (χ2v) is 8.70. The Morgan fingerprint density at radius 2 is 2.15 bits per heavy atom. The highest BCUT2D eigenvalue weighted by atomic mass is 32.2. The number of rotatable bonds is 6. The minimum atomic E-state index is -4.18. The number of anilines is 2. The molecule has 8 nitrogen and oxygen atoms in total. The van der Waals surface area contributed by atoms with Crippen LogP contribution in [0, 0.1) is 11.7 Å². The van der Waals surface area contributed by atoms with Crippen molar-refractivity contribution in [1.82, 2.24) is 10.0 Å². The van der Waals surface area contributed by atoms with Crippen LogP contribution in [-0.4, -0.2) is 45.1 Å². The van der Waals surface area contributed by atoms with Crippen molar-refractivity contribution in [1.29, 1.82) is 0 Å². The van der Waals surface area contributed by atoms with E-state index in [0.717, 1.165) is 18.9 Å². The molecule has 4 rings (SSSR count). The highest BCUT2D eigenvalue weighted by Crippen LogP contribution is 2.42. The van der Waals surface area contributed by atoms with Gasteiger partial charge in [0.05, 0.1) is 0 Å². The van der Waals surface area contributed by atoms with Gasteiger partial charge >= 0.3 is 10.2 Å². The van der Waals surface area contributed by atoms with Gasteiger partial charge in [-0.1, -0.05) is 12.8 Å². The van der Waals surface area contributed by atoms with Gasteiger partial charge in [0.15, 0.2) is 5.82 Å². The van der Waals surface area contributed by atoms with Crippen molar-refractivity contribution in [3.8, 4) is 5.75 Å². The van der Waals surface area contributed by atoms with Crippen LogP contribution in [0.1, 0.15) is 24.8 Å². The Morgan fingerprint density at radius 1 is 1.38 bits per heavy atom. The Labute approximate surface area is 150 Å². The summed E-state index contributed by atoms with van der Waals surface area (Å²) < 4.78 is 41.2. The smallest absolute Gasteiger partial charge is 0.326 e. The maximum absolute atomic E-state index is 15.0. The molecule has 1 aromatic carbocycles. The molecule has 0 radical (unpaired) electrons. The third kappa shape index (κ3) is 3.18. The van der Waals surface area contributed by atoms with E-state index < -0.39 is 39.9 Å². The first-order valence-corrected chi connectivity index (χ1v) is 10.1. The maximum Gasteiger partial charge on any atom is 0.326 e. The number of carbonyl (C=O) groups excluding carboxylic acids is 1. The van der Waals surface area contributed by atoms with E-state index >= 15 is 0 Å². The van der Waals surface area contributed by atoms with Crippen LogP contribution in [0.4, 0.5) is 15.8 Å². The number of carbonyl (C=O) groups is 1. The van der Waals surface area contributed by atoms with Gasteiger partial charge < -0.3 is 15.7 Å². The van der Waals surface area contributed by atoms with Crippen molar-refractivity contribution in [2.45, 2.75) is 31.7 Å². The van der Waals surface area contributed by atoms with Crippen molar-refractivity contribution >= 4 is 27.5 Å². The van der Waals surface area contributed by atoms with E-state index in [-0.39, 0.29) is 6.04 Å². The molecule has 1 saturated heterocycles. The van der Waals surface area contributed by atoms with Gasteiger partial charge in [0.1, 0.15) is 18.0 Å². The van der Waals surface area contributed by atoms with Gasteiger partial charge in [-0.05, 0) is 25.3 Å². The Kier molecular flexibility index (Phi) is 4.19. The predicted octanol–water partition coefficient (Wildman–Crippen LogP) is 0.439. The molecule has 1 aromatic rings. The minimum Gasteiger partial charge on any atom is -0.506 e. The molecule has 10 heteroatoms. The molecule has 1 aliphatic carbocycles. The van der Waals surface area contributed by atoms with E-state index in [0.29, 0.717) is 28.5 Å². The summed E-state index contributed by atoms with van der Waals surface area (Å²) in [6.45, 7) is 1.02. The first-order chi connectivity index (χ1) is 12.3. The van der Waals surface area contributed by atoms with Crippen molar-refractivity contribution in [3.63, 3.8) is 0 Å². The number of nitrogens with one attached hydrogen (secondary N) is 3. The zero-order chi connectivity index (χ0) is 18.5. The Balaban J connectivity index is 1.50. The summed E-state index contributed by atoms with van der Waals surface area (Å²) >= 11 is 0. The van der Waals surface area contributed by atoms with Gasteiger partial charge in [0.2, 0.25) is 0 Å². The van der Waals surface area contributed by atoms with Crippen LogP contribution in [-0.2, 0) is 21.4 Å². The third-order valence-electron chi connectivity index (χ3n) is 5.02. The molecule has 1 atom stereocenters. The lowest BCUT2D eigenvalue weighted by atomic mass is 10.1. The number of benzene rings is 1. The van der Waals surface area contributed by atoms with Crippen LogP contribution in [0.2, 0.25) is 0 Å². The molecule has 2 heterocycles. The number of fused-ring (bicyclic) bond motifs is 1. The predicted molar refractivity (Wildman–Crippen MR) is 93.8 cm³/mol. The molecule has 0 aromatic heterocycles. The van der Waals surface area contributed by atoms with Gasteiger partial charge in [0.25, 0.3) is 5.91 Å². The number of halogens is 1. The molecule has 4 N–H and O–H groups in total. The molecule has 0 spiro atoms. The number of nitrogens with zero attached hydrogens (tertiary/aromatic N) is 1. The fraction of sp³-hybridized carbons (Fsp3) is 0.562. The lowest BCUT2D eigenvalue weighted by molar-refractivity contribution is -0.117. The summed E-state index contributed by atoms with van der Waals surface area (Å²) in [6, 6.07) is 1.28. The lowest BCUT2D eigenvalue weighted by Gasteiger charge is -2.18. The number of phenolic OH excluding ortho intramolecular Hbond substituents is 1. The molecular weight excluding hydrogens is 363 g/mol. The normalized spacial score (nSPS) is 23.7. The van der Waals surface area contributed by atoms with Crippen LogP contribution in [0.3, 0.4) is 0 Å². The molecule has 0 bridgehead atoms. The minimum absolute atomic E-state index is 0.0386. The fourth-order valence-corrected chi connectivity index (χ4v) is 4.67. The van der Waals surface area contributed by atoms with E-state index in [1.54, 1.807) is 4.72 Å². The Morgan fingerprint density at radius 3 is 2.81 bits per heavy atom. The highest BCUT2D eigenvalue weighted by molar-refractivity contribution is 7.92. The first kappa shape index (κ1) is 17.3. The van der Waals surface area contributed by atoms with Crippen molar-refractivity contribution in [2.75, 3.05) is 29.3 Å². The SMILES string of the molecule is O=C1CN(c2c(O)cc3c(c2F)C[C@H](CNCCC2CC2)N3)S(=O)(=O)N1. The van der Waals surface area contributed by atoms with E-state index in [2.05, 4.69) is 10.6 Å². The largest absolute Gasteiger partial charge is 0.506 e. The van der Waals surface area contributed by atoms with E-state index in [4.69, 9.17) is 0 Å². The zero-order valence-electron chi connectivity index (χ0n) is 14.1. The second-order valence-electron chi connectivity index (χ2n) is 7.10. The first-order valence-electron chi connectivity index (χ1n) is 8.70. The number of phenols is 1. The Bertz CT molecular complexity index is 856. The average molecular weight is 384 g/mol. The summed E-state index contributed by atoms with van der Waals surface area (Å²) in [6.07, 6.45) is 4.13. The van der Waals surface area contributed by atoms with Crippen LogP contribution >= 0.6 is 0 Å². The molecule has 1 saturated carbocycles. The monoisotopic (exact) mass is 384 g/mol. The molecule has 3 aliphatic rings. The standard InChI is InChI=1S/C16H21FN4O4S/c17-15-11-5-10(7-18-4-3-9-1-2-9)19-12(11)6-13(22)16(15)21-8-14(23)20-26(21,24)25/h6,9-10,18-19,22H,1-5,7-8H2,(H,20,23)/t10-/m1/s1. The average Bonchev–Trinajstić information content (AvgIpc) is 3.22. The van der Waals surface area contributed by atoms with Crippen LogP contribution in [0.5, 0.6) is 5.75 Å². The molecular formula is C16H21FN4O4S. The molecule has 2 aliphatic heterocycles. The van der Waals surface area contributed by atoms with Gasteiger partial charge in [-0.15, -0.1) is 0 Å². The molecule has 142 valence electrons. The molecule has 0 unspecified atom stereocenters. The summed E-state index contributed by atoms with van der Waals surface area (Å²) in [4.78, 5) is 11.4. The van der Waals surface area contributed by atoms with E-state index in [1.165, 1.54) is 18.9 Å². The van der Waals surface area contributed by atoms with Crippen molar-refractivity contribution in [3.05, 3.63) is 17.4 Å². The van der Waals surface area contributed by atoms with Crippen molar-refractivity contribution < 1.29 is 22.7 Å². The van der Waals surface area contributed by atoms with Gasteiger partial charge in [0, 0.05) is 29.9 Å². The number of hydrogen-bond acceptors (Lipinski definition) is 6. The van der Waals surface area contributed by atoms with Gasteiger partial charge in [-0.2, -0.15) is 8.42 Å². The van der Waals surface area contributed by atoms with E-state index in [1.807, 2.05) is 0 Å². The summed E-state index contributed by atoms with van der Waals surface area (Å²) in [5.74, 6) is -1.25. The second kappa shape index (κ2) is 6.27. The number of hydrogen-bond donors (Lipinski definition) is 4. The Hall–Kier alpha value is -2.07. The van der Waals surface area contributed by atoms with Gasteiger partial charge in [-0.3, -0.25) is 4.79 Å². The molecule has 1 amide bonds. The van der Waals surface area contributed by atoms with Crippen LogP contribution < -0.4 is 19.7 Å². The summed E-state index contributed by atoms with van der Waals surface area (Å²) in [5.41, 5.74) is 0.293. The van der Waals surface area contributed by atoms with Crippen LogP contribution in [0.25, 0.3) is 0 Å². The number of aromatic hydroxyl groups is 1. The van der Waals surface area contributed by atoms with E-state index in [9.17, 15) is 22.7 Å². The summed E-state index contributed by atoms with van der Waals surface area (Å²) in [5, 5.41) is 16.7. The maximum atomic E-state index is 15.0. The summed E-state index contributed by atoms with van der Waals surface area (Å²) in [7, 11) is -4.18. The highest BCUT2D eigenvalue weighted by Gasteiger charge is 2.39. The third-order valence-corrected chi connectivity index (χ3v) is 6.40. The van der Waals surface area contributed by atoms with Gasteiger partial charge in [-0.25, -0.2) is 13.4 Å². The quantitative estimate of drug-likeness (QED) is 0.530. The topological polar surface area (TPSA) is 111 Å². The molecule has 26 heavy (non-hydrogen) atoms.